The number of carbonyl (C=O) groups is 4. The van der Waals surface area contributed by atoms with Gasteiger partial charge in [-0.1, -0.05) is 93.8 Å². The van der Waals surface area contributed by atoms with E-state index in [9.17, 15) is 19.2 Å². The quantitative estimate of drug-likeness (QED) is 0.130. The maximum atomic E-state index is 14.1. The Labute approximate surface area is 326 Å². The Bertz CT molecular complexity index is 2060. The topological polar surface area (TPSA) is 175 Å². The Morgan fingerprint density at radius 1 is 0.768 bits per heavy atom. The van der Waals surface area contributed by atoms with Gasteiger partial charge in [0.15, 0.2) is 0 Å². The van der Waals surface area contributed by atoms with E-state index in [1.165, 1.54) is 14.2 Å². The Hall–Kier alpha value is -5.92. The highest BCUT2D eigenvalue weighted by atomic mass is 16.5. The lowest BCUT2D eigenvalue weighted by Gasteiger charge is -2.40. The number of likely N-dealkylation sites (tertiary alicyclic amines) is 1. The molecule has 2 aromatic heterocycles. The first-order valence-electron chi connectivity index (χ1n) is 19.4. The van der Waals surface area contributed by atoms with E-state index in [-0.39, 0.29) is 29.8 Å². The zero-order chi connectivity index (χ0) is 39.4. The minimum Gasteiger partial charge on any atom is -0.453 e. The summed E-state index contributed by atoms with van der Waals surface area (Å²) < 4.78 is 9.64. The van der Waals surface area contributed by atoms with E-state index in [0.29, 0.717) is 31.8 Å². The van der Waals surface area contributed by atoms with Crippen LogP contribution in [0.15, 0.2) is 73.1 Å². The fourth-order valence-electron chi connectivity index (χ4n) is 8.20. The van der Waals surface area contributed by atoms with Crippen molar-refractivity contribution < 1.29 is 28.7 Å². The van der Waals surface area contributed by atoms with E-state index in [2.05, 4.69) is 62.0 Å². The molecule has 14 heteroatoms. The number of carbonyl (C=O) groups excluding carboxylic acids is 4. The van der Waals surface area contributed by atoms with Crippen LogP contribution < -0.4 is 10.6 Å². The molecule has 7 rings (SSSR count). The summed E-state index contributed by atoms with van der Waals surface area (Å²) in [6, 6.07) is 15.2. The van der Waals surface area contributed by atoms with Gasteiger partial charge in [-0.3, -0.25) is 9.59 Å². The van der Waals surface area contributed by atoms with E-state index in [1.807, 2.05) is 49.2 Å². The Balaban J connectivity index is 1.01. The summed E-state index contributed by atoms with van der Waals surface area (Å²) in [5.41, 5.74) is 4.79. The molecule has 0 radical (unpaired) electrons. The smallest absolute Gasteiger partial charge is 0.407 e. The third-order valence-electron chi connectivity index (χ3n) is 11.3. The number of imidazole rings is 2. The van der Waals surface area contributed by atoms with Crippen molar-refractivity contribution in [3.05, 3.63) is 84.7 Å². The number of aromatic nitrogens is 4. The zero-order valence-corrected chi connectivity index (χ0v) is 32.3. The number of rotatable bonds is 10. The van der Waals surface area contributed by atoms with Crippen LogP contribution in [0.1, 0.15) is 82.5 Å². The number of amides is 4. The number of hydrogen-bond donors (Lipinski definition) is 4. The van der Waals surface area contributed by atoms with Crippen LogP contribution >= 0.6 is 0 Å². The van der Waals surface area contributed by atoms with Crippen molar-refractivity contribution in [2.75, 3.05) is 27.3 Å². The third-order valence-corrected chi connectivity index (χ3v) is 11.3. The molecule has 1 saturated carbocycles. The number of H-pyrrole nitrogens is 2. The molecule has 1 aliphatic carbocycles. The van der Waals surface area contributed by atoms with Gasteiger partial charge < -0.3 is 39.9 Å². The van der Waals surface area contributed by atoms with Gasteiger partial charge in [0.1, 0.15) is 29.3 Å². The largest absolute Gasteiger partial charge is 0.453 e. The fraction of sp³-hybridized carbons (Fsp3) is 0.429. The molecule has 0 unspecified atom stereocenters. The molecule has 0 spiro atoms. The van der Waals surface area contributed by atoms with Crippen molar-refractivity contribution >= 4 is 24.0 Å². The summed E-state index contributed by atoms with van der Waals surface area (Å²) >= 11 is 0. The SMILES string of the molecule is COC(=O)N[C@H](C(=O)N1CC=C[C@H]1c1ncc(-c2ccc(-c3ccc(-c4cnc([C@@H]5CCCN5C(=O)C5(NC(=O)OC)CCCCC5)[nH]4)cc3)cc2)[nH]1)C(C)C. The summed E-state index contributed by atoms with van der Waals surface area (Å²) in [4.78, 5) is 71.6. The molecule has 294 valence electrons. The lowest BCUT2D eigenvalue weighted by Crippen LogP contribution is -2.60. The second-order valence-corrected chi connectivity index (χ2v) is 15.2. The van der Waals surface area contributed by atoms with Crippen LogP contribution in [-0.2, 0) is 19.1 Å². The zero-order valence-electron chi connectivity index (χ0n) is 32.3. The molecular weight excluding hydrogens is 713 g/mol. The Morgan fingerprint density at radius 3 is 1.93 bits per heavy atom. The Morgan fingerprint density at radius 2 is 1.34 bits per heavy atom. The van der Waals surface area contributed by atoms with Crippen molar-refractivity contribution in [2.45, 2.75) is 82.5 Å². The van der Waals surface area contributed by atoms with Crippen LogP contribution in [0.3, 0.4) is 0 Å². The standard InChI is InChI=1S/C42H50N8O6/c1-26(2)35(47-40(53)55-3)38(51)49-22-8-10-33(49)36-43-24-31(45-36)29-16-12-27(13-17-29)28-14-18-30(19-15-28)32-25-44-37(46-32)34-11-9-23-50(34)39(52)42(48-41(54)56-4)20-6-5-7-21-42/h8,10,12-19,24-26,33-35H,5-7,9,11,20-23H2,1-4H3,(H,43,45)(H,44,46)(H,47,53)(H,48,54)/t33-,34-,35-/m0/s1. The van der Waals surface area contributed by atoms with Gasteiger partial charge in [0.25, 0.3) is 0 Å². The number of nitrogens with zero attached hydrogens (tertiary/aromatic N) is 4. The van der Waals surface area contributed by atoms with Crippen molar-refractivity contribution in [3.63, 3.8) is 0 Å². The van der Waals surface area contributed by atoms with E-state index in [4.69, 9.17) is 14.5 Å². The summed E-state index contributed by atoms with van der Waals surface area (Å²) in [6.07, 6.45) is 11.9. The number of alkyl carbamates (subject to hydrolysis) is 2. The van der Waals surface area contributed by atoms with E-state index in [1.54, 1.807) is 11.1 Å². The molecule has 56 heavy (non-hydrogen) atoms. The van der Waals surface area contributed by atoms with Gasteiger partial charge in [0.2, 0.25) is 11.8 Å². The molecule has 4 amide bonds. The molecule has 3 aliphatic rings. The van der Waals surface area contributed by atoms with Crippen LogP contribution in [0.2, 0.25) is 0 Å². The minimum absolute atomic E-state index is 0.0536. The first-order valence-corrected chi connectivity index (χ1v) is 19.4. The van der Waals surface area contributed by atoms with Crippen molar-refractivity contribution in [3.8, 4) is 33.6 Å². The maximum Gasteiger partial charge on any atom is 0.407 e. The predicted octanol–water partition coefficient (Wildman–Crippen LogP) is 6.68. The normalized spacial score (nSPS) is 19.5. The van der Waals surface area contributed by atoms with Crippen molar-refractivity contribution in [2.24, 2.45) is 5.92 Å². The summed E-state index contributed by atoms with van der Waals surface area (Å²) in [6.45, 7) is 4.80. The highest BCUT2D eigenvalue weighted by molar-refractivity contribution is 5.91. The average Bonchev–Trinajstić information content (AvgIpc) is 4.07. The highest BCUT2D eigenvalue weighted by Crippen LogP contribution is 2.38. The summed E-state index contributed by atoms with van der Waals surface area (Å²) in [5, 5.41) is 5.57. The molecular formula is C42H50N8O6. The van der Waals surface area contributed by atoms with Crippen molar-refractivity contribution in [1.82, 2.24) is 40.4 Å². The van der Waals surface area contributed by atoms with Gasteiger partial charge in [0.05, 0.1) is 44.0 Å². The number of aromatic amines is 2. The van der Waals surface area contributed by atoms with Gasteiger partial charge in [-0.2, -0.15) is 0 Å². The van der Waals surface area contributed by atoms with Crippen LogP contribution in [0.4, 0.5) is 9.59 Å². The average molecular weight is 763 g/mol. The molecule has 2 fully saturated rings. The molecule has 0 bridgehead atoms. The molecule has 14 nitrogen and oxygen atoms in total. The van der Waals surface area contributed by atoms with Gasteiger partial charge in [-0.25, -0.2) is 19.6 Å². The summed E-state index contributed by atoms with van der Waals surface area (Å²) in [7, 11) is 2.61. The second kappa shape index (κ2) is 16.4. The number of methoxy groups -OCH3 is 2. The van der Waals surface area contributed by atoms with Crippen LogP contribution in [-0.4, -0.2) is 92.6 Å². The van der Waals surface area contributed by atoms with Crippen LogP contribution in [0, 0.1) is 5.92 Å². The molecule has 4 N–H and O–H groups in total. The molecule has 1 saturated heterocycles. The monoisotopic (exact) mass is 762 g/mol. The first-order chi connectivity index (χ1) is 27.1. The molecule has 4 heterocycles. The maximum absolute atomic E-state index is 14.1. The molecule has 4 aromatic rings. The second-order valence-electron chi connectivity index (χ2n) is 15.2. The first kappa shape index (κ1) is 38.4. The van der Waals surface area contributed by atoms with Crippen LogP contribution in [0.5, 0.6) is 0 Å². The summed E-state index contributed by atoms with van der Waals surface area (Å²) in [5.74, 6) is 0.999. The van der Waals surface area contributed by atoms with E-state index < -0.39 is 23.8 Å². The minimum atomic E-state index is -0.945. The van der Waals surface area contributed by atoms with Crippen LogP contribution in [0.25, 0.3) is 33.6 Å². The molecule has 2 aliphatic heterocycles. The van der Waals surface area contributed by atoms with Gasteiger partial charge in [-0.05, 0) is 53.9 Å². The fourth-order valence-corrected chi connectivity index (χ4v) is 8.20. The van der Waals surface area contributed by atoms with Gasteiger partial charge in [0, 0.05) is 13.1 Å². The number of nitrogens with one attached hydrogen (secondary N) is 4. The number of benzene rings is 2. The highest BCUT2D eigenvalue weighted by Gasteiger charge is 2.47. The number of ether oxygens (including phenoxy) is 2. The molecule has 3 atom stereocenters. The van der Waals surface area contributed by atoms with E-state index >= 15 is 0 Å². The van der Waals surface area contributed by atoms with Gasteiger partial charge >= 0.3 is 12.2 Å². The lowest BCUT2D eigenvalue weighted by molar-refractivity contribution is -0.141. The Kier molecular flexibility index (Phi) is 11.3. The van der Waals surface area contributed by atoms with E-state index in [0.717, 1.165) is 71.6 Å². The lowest BCUT2D eigenvalue weighted by atomic mass is 9.80. The van der Waals surface area contributed by atoms with Gasteiger partial charge in [-0.15, -0.1) is 0 Å². The number of hydrogen-bond acceptors (Lipinski definition) is 8. The molecule has 2 aromatic carbocycles. The predicted molar refractivity (Wildman–Crippen MR) is 210 cm³/mol. The third kappa shape index (κ3) is 7.77. The van der Waals surface area contributed by atoms with Crippen molar-refractivity contribution in [1.29, 1.82) is 0 Å².